The summed E-state index contributed by atoms with van der Waals surface area (Å²) >= 11 is 0. The highest BCUT2D eigenvalue weighted by Gasteiger charge is 2.14. The molecule has 1 amide bonds. The van der Waals surface area contributed by atoms with Gasteiger partial charge in [-0.15, -0.1) is 0 Å². The predicted octanol–water partition coefficient (Wildman–Crippen LogP) is 1.64. The smallest absolute Gasteiger partial charge is 0.284 e. The first-order valence-electron chi connectivity index (χ1n) is 6.55. The molecule has 2 heterocycles. The fourth-order valence-corrected chi connectivity index (χ4v) is 2.08. The minimum Gasteiger partial charge on any atom is -0.385 e. The summed E-state index contributed by atoms with van der Waals surface area (Å²) in [6.45, 7) is 4.71. The third-order valence-corrected chi connectivity index (χ3v) is 2.99. The van der Waals surface area contributed by atoms with Gasteiger partial charge in [0.15, 0.2) is 0 Å². The lowest BCUT2D eigenvalue weighted by atomic mass is 10.2. The van der Waals surface area contributed by atoms with Gasteiger partial charge in [-0.1, -0.05) is 6.42 Å². The van der Waals surface area contributed by atoms with Crippen LogP contribution in [0.2, 0.25) is 0 Å². The van der Waals surface area contributed by atoms with Crippen LogP contribution in [0, 0.1) is 0 Å². The Kier molecular flexibility index (Phi) is 4.52. The van der Waals surface area contributed by atoms with E-state index in [9.17, 15) is 4.79 Å². The summed E-state index contributed by atoms with van der Waals surface area (Å²) < 4.78 is 0. The van der Waals surface area contributed by atoms with Crippen molar-refractivity contribution in [3.8, 4) is 0 Å². The number of carbonyl (C=O) groups excluding carboxylic acids is 1. The Balaban J connectivity index is 1.96. The summed E-state index contributed by atoms with van der Waals surface area (Å²) in [6.07, 6.45) is 5.19. The normalized spacial score (nSPS) is 16.3. The molecule has 0 saturated carbocycles. The first-order chi connectivity index (χ1) is 8.79. The van der Waals surface area contributed by atoms with Gasteiger partial charge in [-0.3, -0.25) is 15.2 Å². The molecule has 1 aliphatic rings. The van der Waals surface area contributed by atoms with Crippen molar-refractivity contribution in [2.45, 2.75) is 26.2 Å². The Labute approximate surface area is 108 Å². The second kappa shape index (κ2) is 6.35. The monoisotopic (exact) mass is 248 g/mol. The maximum atomic E-state index is 12.0. The van der Waals surface area contributed by atoms with Crippen molar-refractivity contribution in [3.63, 3.8) is 0 Å². The quantitative estimate of drug-likeness (QED) is 0.850. The second-order valence-electron chi connectivity index (χ2n) is 4.45. The minimum absolute atomic E-state index is 0.128. The standard InChI is InChI=1S/C13H20N4O/c1-2-14-11-6-7-15-12(10-11)13(18)16-17-8-4-3-5-9-17/h6-7,10H,2-5,8-9H2,1H3,(H,14,15)(H,16,18). The number of nitrogens with zero attached hydrogens (tertiary/aromatic N) is 2. The molecule has 1 aromatic heterocycles. The van der Waals surface area contributed by atoms with Crippen LogP contribution in [-0.4, -0.2) is 35.5 Å². The molecule has 0 atom stereocenters. The third kappa shape index (κ3) is 3.43. The maximum absolute atomic E-state index is 12.0. The van der Waals surface area contributed by atoms with Gasteiger partial charge in [-0.05, 0) is 31.9 Å². The minimum atomic E-state index is -0.128. The van der Waals surface area contributed by atoms with Gasteiger partial charge >= 0.3 is 0 Å². The zero-order valence-electron chi connectivity index (χ0n) is 10.8. The number of carbonyl (C=O) groups is 1. The summed E-state index contributed by atoms with van der Waals surface area (Å²) in [7, 11) is 0. The number of aromatic nitrogens is 1. The number of nitrogens with one attached hydrogen (secondary N) is 2. The lowest BCUT2D eigenvalue weighted by Gasteiger charge is -2.26. The molecule has 0 radical (unpaired) electrons. The average Bonchev–Trinajstić information content (AvgIpc) is 2.40. The van der Waals surface area contributed by atoms with Gasteiger partial charge < -0.3 is 5.32 Å². The maximum Gasteiger partial charge on any atom is 0.284 e. The van der Waals surface area contributed by atoms with Crippen LogP contribution in [0.5, 0.6) is 0 Å². The zero-order valence-corrected chi connectivity index (χ0v) is 10.8. The van der Waals surface area contributed by atoms with Gasteiger partial charge in [0.25, 0.3) is 5.91 Å². The van der Waals surface area contributed by atoms with E-state index in [0.29, 0.717) is 5.69 Å². The van der Waals surface area contributed by atoms with Crippen molar-refractivity contribution < 1.29 is 4.79 Å². The summed E-state index contributed by atoms with van der Waals surface area (Å²) in [6, 6.07) is 3.64. The van der Waals surface area contributed by atoms with Crippen molar-refractivity contribution in [2.24, 2.45) is 0 Å². The molecule has 2 rings (SSSR count). The number of amides is 1. The Morgan fingerprint density at radius 2 is 2.17 bits per heavy atom. The van der Waals surface area contributed by atoms with Gasteiger partial charge in [-0.25, -0.2) is 5.01 Å². The SMILES string of the molecule is CCNc1ccnc(C(=O)NN2CCCCC2)c1. The van der Waals surface area contributed by atoms with Gasteiger partial charge in [0, 0.05) is 31.5 Å². The van der Waals surface area contributed by atoms with E-state index in [-0.39, 0.29) is 5.91 Å². The van der Waals surface area contributed by atoms with Crippen molar-refractivity contribution >= 4 is 11.6 Å². The molecule has 0 spiro atoms. The van der Waals surface area contributed by atoms with Crippen molar-refractivity contribution in [1.29, 1.82) is 0 Å². The van der Waals surface area contributed by atoms with E-state index in [0.717, 1.165) is 38.2 Å². The molecule has 1 aliphatic heterocycles. The van der Waals surface area contributed by atoms with Crippen molar-refractivity contribution in [2.75, 3.05) is 25.0 Å². The molecule has 18 heavy (non-hydrogen) atoms. The highest BCUT2D eigenvalue weighted by molar-refractivity contribution is 5.92. The van der Waals surface area contributed by atoms with E-state index in [4.69, 9.17) is 0 Å². The van der Waals surface area contributed by atoms with E-state index in [1.54, 1.807) is 12.3 Å². The highest BCUT2D eigenvalue weighted by atomic mass is 16.2. The molecular weight excluding hydrogens is 228 g/mol. The van der Waals surface area contributed by atoms with E-state index >= 15 is 0 Å². The molecule has 0 aliphatic carbocycles. The van der Waals surface area contributed by atoms with Crippen LogP contribution >= 0.6 is 0 Å². The Morgan fingerprint density at radius 1 is 1.39 bits per heavy atom. The molecular formula is C13H20N4O. The molecule has 98 valence electrons. The number of piperidine rings is 1. The fraction of sp³-hybridized carbons (Fsp3) is 0.538. The molecule has 0 aromatic carbocycles. The zero-order chi connectivity index (χ0) is 12.8. The summed E-state index contributed by atoms with van der Waals surface area (Å²) in [5.41, 5.74) is 4.29. The number of pyridine rings is 1. The summed E-state index contributed by atoms with van der Waals surface area (Å²) in [4.78, 5) is 16.1. The third-order valence-electron chi connectivity index (χ3n) is 2.99. The molecule has 1 saturated heterocycles. The average molecular weight is 248 g/mol. The van der Waals surface area contributed by atoms with E-state index < -0.39 is 0 Å². The second-order valence-corrected chi connectivity index (χ2v) is 4.45. The summed E-state index contributed by atoms with van der Waals surface area (Å²) in [5.74, 6) is -0.128. The number of anilines is 1. The molecule has 5 nitrogen and oxygen atoms in total. The lowest BCUT2D eigenvalue weighted by molar-refractivity contribution is 0.0745. The van der Waals surface area contributed by atoms with Crippen LogP contribution in [0.25, 0.3) is 0 Å². The first-order valence-corrected chi connectivity index (χ1v) is 6.55. The van der Waals surface area contributed by atoms with Crippen LogP contribution < -0.4 is 10.7 Å². The topological polar surface area (TPSA) is 57.3 Å². The van der Waals surface area contributed by atoms with Crippen molar-refractivity contribution in [3.05, 3.63) is 24.0 Å². The first kappa shape index (κ1) is 12.8. The Hall–Kier alpha value is -1.62. The lowest BCUT2D eigenvalue weighted by Crippen LogP contribution is -2.45. The molecule has 0 bridgehead atoms. The van der Waals surface area contributed by atoms with Crippen LogP contribution in [0.1, 0.15) is 36.7 Å². The van der Waals surface area contributed by atoms with E-state index in [2.05, 4.69) is 15.7 Å². The van der Waals surface area contributed by atoms with Gasteiger partial charge in [0.05, 0.1) is 0 Å². The van der Waals surface area contributed by atoms with E-state index in [1.165, 1.54) is 6.42 Å². The number of rotatable bonds is 4. The fourth-order valence-electron chi connectivity index (χ4n) is 2.08. The number of hydrogen-bond acceptors (Lipinski definition) is 4. The molecule has 1 aromatic rings. The predicted molar refractivity (Wildman–Crippen MR) is 71.3 cm³/mol. The molecule has 5 heteroatoms. The van der Waals surface area contributed by atoms with Gasteiger partial charge in [0.2, 0.25) is 0 Å². The van der Waals surface area contributed by atoms with Crippen molar-refractivity contribution in [1.82, 2.24) is 15.4 Å². The highest BCUT2D eigenvalue weighted by Crippen LogP contribution is 2.09. The molecule has 0 unspecified atom stereocenters. The van der Waals surface area contributed by atoms with Crippen LogP contribution in [0.15, 0.2) is 18.3 Å². The Morgan fingerprint density at radius 3 is 2.89 bits per heavy atom. The van der Waals surface area contributed by atoms with Gasteiger partial charge in [0.1, 0.15) is 5.69 Å². The molecule has 1 fully saturated rings. The van der Waals surface area contributed by atoms with E-state index in [1.807, 2.05) is 18.0 Å². The Bertz CT molecular complexity index is 402. The van der Waals surface area contributed by atoms with Crippen LogP contribution in [0.3, 0.4) is 0 Å². The molecule has 2 N–H and O–H groups in total. The number of hydrogen-bond donors (Lipinski definition) is 2. The number of hydrazine groups is 1. The largest absolute Gasteiger partial charge is 0.385 e. The van der Waals surface area contributed by atoms with Crippen LogP contribution in [-0.2, 0) is 0 Å². The van der Waals surface area contributed by atoms with Gasteiger partial charge in [-0.2, -0.15) is 0 Å². The van der Waals surface area contributed by atoms with Crippen LogP contribution in [0.4, 0.5) is 5.69 Å². The summed E-state index contributed by atoms with van der Waals surface area (Å²) in [5, 5.41) is 5.15.